The molecule has 1 amide bonds. The van der Waals surface area contributed by atoms with Gasteiger partial charge in [-0.1, -0.05) is 0 Å². The maximum atomic E-state index is 12.3. The van der Waals surface area contributed by atoms with Crippen LogP contribution in [-0.2, 0) is 9.59 Å². The van der Waals surface area contributed by atoms with Crippen LogP contribution in [-0.4, -0.2) is 47.1 Å². The molecule has 0 fully saturated rings. The third kappa shape index (κ3) is 3.35. The molecule has 15 heavy (non-hydrogen) atoms. The first-order valence-electron chi connectivity index (χ1n) is 3.54. The van der Waals surface area contributed by atoms with Gasteiger partial charge in [0.25, 0.3) is 5.91 Å². The highest BCUT2D eigenvalue weighted by Gasteiger charge is 2.49. The second kappa shape index (κ2) is 4.91. The number of carboxylic acids is 1. The average molecular weight is 233 g/mol. The van der Waals surface area contributed by atoms with E-state index in [0.717, 1.165) is 5.32 Å². The van der Waals surface area contributed by atoms with Crippen molar-refractivity contribution in [3.63, 3.8) is 0 Å². The Morgan fingerprint density at radius 2 is 1.80 bits per heavy atom. The van der Waals surface area contributed by atoms with Gasteiger partial charge in [0.1, 0.15) is 0 Å². The number of aliphatic hydroxyl groups excluding tert-OH is 1. The summed E-state index contributed by atoms with van der Waals surface area (Å²) in [7, 11) is 0. The van der Waals surface area contributed by atoms with Crippen molar-refractivity contribution in [2.45, 2.75) is 18.4 Å². The van der Waals surface area contributed by atoms with E-state index in [4.69, 9.17) is 10.2 Å². The average Bonchev–Trinajstić information content (AvgIpc) is 2.12. The van der Waals surface area contributed by atoms with Gasteiger partial charge in [-0.25, -0.2) is 13.6 Å². The zero-order valence-electron chi connectivity index (χ0n) is 7.08. The highest BCUT2D eigenvalue weighted by atomic mass is 19.3. The summed E-state index contributed by atoms with van der Waals surface area (Å²) >= 11 is 0. The molecule has 0 aliphatic heterocycles. The summed E-state index contributed by atoms with van der Waals surface area (Å²) in [5.41, 5.74) is 0. The zero-order chi connectivity index (χ0) is 12.2. The number of carboxylic acid groups (broad SMARTS) is 1. The van der Waals surface area contributed by atoms with Gasteiger partial charge in [-0.3, -0.25) is 4.79 Å². The second-order valence-electron chi connectivity index (χ2n) is 2.47. The molecule has 0 saturated carbocycles. The Balaban J connectivity index is 4.54. The van der Waals surface area contributed by atoms with E-state index in [2.05, 4.69) is 0 Å². The van der Waals surface area contributed by atoms with E-state index in [-0.39, 0.29) is 0 Å². The fourth-order valence-corrected chi connectivity index (χ4v) is 0.539. The van der Waals surface area contributed by atoms with Crippen molar-refractivity contribution >= 4 is 11.9 Å². The van der Waals surface area contributed by atoms with E-state index in [9.17, 15) is 27.2 Å². The van der Waals surface area contributed by atoms with E-state index in [1.807, 2.05) is 0 Å². The molecule has 88 valence electrons. The molecule has 0 radical (unpaired) electrons. The quantitative estimate of drug-likeness (QED) is 0.556. The lowest BCUT2D eigenvalue weighted by molar-refractivity contribution is -0.172. The molecule has 0 aromatic heterocycles. The first-order chi connectivity index (χ1) is 6.73. The van der Waals surface area contributed by atoms with Crippen LogP contribution >= 0.6 is 0 Å². The summed E-state index contributed by atoms with van der Waals surface area (Å²) in [5.74, 6) is -9.24. The van der Waals surface area contributed by atoms with Gasteiger partial charge in [-0.15, -0.1) is 0 Å². The topological polar surface area (TPSA) is 86.6 Å². The Bertz CT molecular complexity index is 258. The van der Waals surface area contributed by atoms with Gasteiger partial charge in [-0.2, -0.15) is 8.78 Å². The predicted octanol–water partition coefficient (Wildman–Crippen LogP) is -0.551. The molecule has 9 heteroatoms. The summed E-state index contributed by atoms with van der Waals surface area (Å²) in [6.07, 6.45) is -4.24. The molecule has 0 bridgehead atoms. The zero-order valence-corrected chi connectivity index (χ0v) is 7.08. The number of alkyl halides is 4. The molecule has 0 aliphatic carbocycles. The van der Waals surface area contributed by atoms with Crippen molar-refractivity contribution in [3.8, 4) is 0 Å². The molecule has 3 N–H and O–H groups in total. The minimum atomic E-state index is -4.98. The van der Waals surface area contributed by atoms with Crippen molar-refractivity contribution in [1.29, 1.82) is 0 Å². The molecule has 0 saturated heterocycles. The van der Waals surface area contributed by atoms with Crippen LogP contribution < -0.4 is 5.32 Å². The molecule has 0 heterocycles. The smallest absolute Gasteiger partial charge is 0.383 e. The molecule has 0 spiro atoms. The van der Waals surface area contributed by atoms with Gasteiger partial charge < -0.3 is 15.5 Å². The van der Waals surface area contributed by atoms with Crippen LogP contribution in [0.2, 0.25) is 0 Å². The van der Waals surface area contributed by atoms with E-state index in [1.165, 1.54) is 0 Å². The van der Waals surface area contributed by atoms with Crippen LogP contribution in [0.25, 0.3) is 0 Å². The van der Waals surface area contributed by atoms with Gasteiger partial charge in [0, 0.05) is 0 Å². The largest absolute Gasteiger partial charge is 0.480 e. The standard InChI is InChI=1S/C6H7F4NO4/c7-4(8)6(9,10)5(15)11-2(1-12)3(13)14/h2,4,12H,1H2,(H,11,15)(H,13,14)/t2-/m0/s1. The van der Waals surface area contributed by atoms with Gasteiger partial charge in [0.15, 0.2) is 6.04 Å². The van der Waals surface area contributed by atoms with E-state index in [1.54, 1.807) is 0 Å². The molecule has 1 atom stereocenters. The molecule has 5 nitrogen and oxygen atoms in total. The molecule has 0 unspecified atom stereocenters. The summed E-state index contributed by atoms with van der Waals surface area (Å²) in [4.78, 5) is 20.6. The van der Waals surface area contributed by atoms with Gasteiger partial charge in [0.2, 0.25) is 0 Å². The number of rotatable bonds is 5. The number of carbonyl (C=O) groups excluding carboxylic acids is 1. The van der Waals surface area contributed by atoms with Crippen LogP contribution in [0.3, 0.4) is 0 Å². The number of halogens is 4. The molecule has 0 rings (SSSR count). The van der Waals surface area contributed by atoms with Crippen molar-refractivity contribution in [2.24, 2.45) is 0 Å². The maximum absolute atomic E-state index is 12.3. The number of aliphatic hydroxyl groups is 1. The van der Waals surface area contributed by atoms with Crippen LogP contribution in [0.4, 0.5) is 17.6 Å². The Hall–Kier alpha value is -1.38. The fourth-order valence-electron chi connectivity index (χ4n) is 0.539. The van der Waals surface area contributed by atoms with Gasteiger partial charge in [0.05, 0.1) is 6.61 Å². The van der Waals surface area contributed by atoms with Crippen molar-refractivity contribution in [1.82, 2.24) is 5.32 Å². The summed E-state index contributed by atoms with van der Waals surface area (Å²) in [5, 5.41) is 17.6. The highest BCUT2D eigenvalue weighted by Crippen LogP contribution is 2.22. The Kier molecular flexibility index (Phi) is 4.46. The van der Waals surface area contributed by atoms with Crippen LogP contribution in [0.15, 0.2) is 0 Å². The van der Waals surface area contributed by atoms with Crippen LogP contribution in [0.1, 0.15) is 0 Å². The summed E-state index contributed by atoms with van der Waals surface area (Å²) in [6.45, 7) is -1.18. The first kappa shape index (κ1) is 13.6. The molecule has 0 aliphatic rings. The second-order valence-corrected chi connectivity index (χ2v) is 2.47. The number of carbonyl (C=O) groups is 2. The number of aliphatic carboxylic acids is 1. The van der Waals surface area contributed by atoms with Crippen LogP contribution in [0.5, 0.6) is 0 Å². The molecule has 0 aromatic rings. The van der Waals surface area contributed by atoms with Gasteiger partial charge in [-0.05, 0) is 0 Å². The highest BCUT2D eigenvalue weighted by molar-refractivity contribution is 5.88. The van der Waals surface area contributed by atoms with E-state index in [0.29, 0.717) is 0 Å². The lowest BCUT2D eigenvalue weighted by Crippen LogP contribution is -2.52. The third-order valence-electron chi connectivity index (χ3n) is 1.36. The summed E-state index contributed by atoms with van der Waals surface area (Å²) < 4.78 is 47.7. The van der Waals surface area contributed by atoms with Crippen molar-refractivity contribution in [2.75, 3.05) is 6.61 Å². The minimum Gasteiger partial charge on any atom is -0.480 e. The first-order valence-corrected chi connectivity index (χ1v) is 3.54. The van der Waals surface area contributed by atoms with E-state index >= 15 is 0 Å². The van der Waals surface area contributed by atoms with E-state index < -0.39 is 36.9 Å². The Morgan fingerprint density at radius 3 is 2.07 bits per heavy atom. The molecular weight excluding hydrogens is 226 g/mol. The monoisotopic (exact) mass is 233 g/mol. The van der Waals surface area contributed by atoms with Gasteiger partial charge >= 0.3 is 18.3 Å². The number of hydrogen-bond donors (Lipinski definition) is 3. The normalized spacial score (nSPS) is 13.7. The Morgan fingerprint density at radius 1 is 1.33 bits per heavy atom. The minimum absolute atomic E-state index is 1.07. The fraction of sp³-hybridized carbons (Fsp3) is 0.667. The SMILES string of the molecule is O=C(O)[C@H](CO)NC(=O)C(F)(F)C(F)F. The lowest BCUT2D eigenvalue weighted by Gasteiger charge is -2.17. The number of hydrogen-bond acceptors (Lipinski definition) is 3. The third-order valence-corrected chi connectivity index (χ3v) is 1.36. The Labute approximate surface area is 80.7 Å². The molecular formula is C6H7F4NO4. The molecule has 0 aromatic carbocycles. The maximum Gasteiger partial charge on any atom is 0.383 e. The lowest BCUT2D eigenvalue weighted by atomic mass is 10.2. The number of nitrogens with one attached hydrogen (secondary N) is 1. The number of amides is 1. The predicted molar refractivity (Wildman–Crippen MR) is 37.6 cm³/mol. The summed E-state index contributed by atoms with van der Waals surface area (Å²) in [6, 6.07) is -2.04. The van der Waals surface area contributed by atoms with Crippen LogP contribution in [0, 0.1) is 0 Å². The van der Waals surface area contributed by atoms with Crippen molar-refractivity contribution in [3.05, 3.63) is 0 Å². The van der Waals surface area contributed by atoms with Crippen molar-refractivity contribution < 1.29 is 37.4 Å².